The van der Waals surface area contributed by atoms with Gasteiger partial charge in [0.25, 0.3) is 0 Å². The number of unbranched alkanes of at least 4 members (excludes halogenated alkanes) is 2. The highest BCUT2D eigenvalue weighted by atomic mass is 35.5. The second-order valence-corrected chi connectivity index (χ2v) is 7.41. The summed E-state index contributed by atoms with van der Waals surface area (Å²) in [4.78, 5) is 0.266. The van der Waals surface area contributed by atoms with Crippen molar-refractivity contribution in [2.45, 2.75) is 64.2 Å². The highest BCUT2D eigenvalue weighted by molar-refractivity contribution is 7.89. The van der Waals surface area contributed by atoms with Gasteiger partial charge in [0.05, 0.1) is 5.88 Å². The van der Waals surface area contributed by atoms with Crippen LogP contribution in [0.15, 0.2) is 9.31 Å². The van der Waals surface area contributed by atoms with Crippen molar-refractivity contribution < 1.29 is 12.8 Å². The van der Waals surface area contributed by atoms with Crippen molar-refractivity contribution in [3.63, 3.8) is 0 Å². The van der Waals surface area contributed by atoms with E-state index in [9.17, 15) is 8.42 Å². The van der Waals surface area contributed by atoms with E-state index in [1.807, 2.05) is 0 Å². The van der Waals surface area contributed by atoms with Crippen LogP contribution in [-0.2, 0) is 15.9 Å². The molecule has 0 unspecified atom stereocenters. The summed E-state index contributed by atoms with van der Waals surface area (Å²) in [7, 11) is -3.54. The lowest BCUT2D eigenvalue weighted by molar-refractivity contribution is 0.393. The van der Waals surface area contributed by atoms with Gasteiger partial charge in [0.15, 0.2) is 0 Å². The lowest BCUT2D eigenvalue weighted by Gasteiger charge is -2.22. The van der Waals surface area contributed by atoms with E-state index in [1.165, 1.54) is 0 Å². The third-order valence-electron chi connectivity index (χ3n) is 3.58. The van der Waals surface area contributed by atoms with Crippen LogP contribution in [0.1, 0.15) is 56.6 Å². The topological polar surface area (TPSA) is 50.5 Å². The fraction of sp³-hybridized carbons (Fsp3) is 0.733. The molecule has 0 spiro atoms. The molecule has 0 amide bonds. The number of nitrogens with zero attached hydrogens (tertiary/aromatic N) is 1. The lowest BCUT2D eigenvalue weighted by atomic mass is 10.3. The standard InChI is InChI=1S/C15H26ClNO3S/c1-5-7-9-17(10-8-6-2)21(18,19)15-13(4)20-12(3)14(15)11-16/h5-11H2,1-4H3. The Morgan fingerprint density at radius 3 is 2.00 bits per heavy atom. The number of furan rings is 1. The van der Waals surface area contributed by atoms with Crippen molar-refractivity contribution in [1.29, 1.82) is 0 Å². The summed E-state index contributed by atoms with van der Waals surface area (Å²) in [5.74, 6) is 1.17. The molecule has 0 aliphatic carbocycles. The van der Waals surface area contributed by atoms with Crippen molar-refractivity contribution >= 4 is 21.6 Å². The van der Waals surface area contributed by atoms with Crippen LogP contribution >= 0.6 is 11.6 Å². The van der Waals surface area contributed by atoms with Gasteiger partial charge in [-0.25, -0.2) is 8.42 Å². The van der Waals surface area contributed by atoms with Crippen molar-refractivity contribution in [1.82, 2.24) is 4.31 Å². The van der Waals surface area contributed by atoms with Gasteiger partial charge in [-0.15, -0.1) is 11.6 Å². The second-order valence-electron chi connectivity index (χ2n) is 5.27. The molecule has 0 saturated carbocycles. The van der Waals surface area contributed by atoms with Crippen LogP contribution in [-0.4, -0.2) is 25.8 Å². The number of hydrogen-bond acceptors (Lipinski definition) is 3. The molecule has 0 bridgehead atoms. The van der Waals surface area contributed by atoms with E-state index < -0.39 is 10.0 Å². The number of halogens is 1. The molecular weight excluding hydrogens is 310 g/mol. The SMILES string of the molecule is CCCCN(CCCC)S(=O)(=O)c1c(C)oc(C)c1CCl. The fourth-order valence-electron chi connectivity index (χ4n) is 2.35. The van der Waals surface area contributed by atoms with E-state index in [2.05, 4.69) is 13.8 Å². The smallest absolute Gasteiger partial charge is 0.246 e. The van der Waals surface area contributed by atoms with Crippen molar-refractivity contribution in [3.05, 3.63) is 17.1 Å². The Bertz CT molecular complexity index is 544. The summed E-state index contributed by atoms with van der Waals surface area (Å²) in [6, 6.07) is 0. The molecule has 0 aliphatic rings. The van der Waals surface area contributed by atoms with Gasteiger partial charge in [0.2, 0.25) is 10.0 Å². The lowest BCUT2D eigenvalue weighted by Crippen LogP contribution is -2.33. The van der Waals surface area contributed by atoms with Gasteiger partial charge in [0.1, 0.15) is 16.4 Å². The monoisotopic (exact) mass is 335 g/mol. The molecule has 0 saturated heterocycles. The first-order valence-electron chi connectivity index (χ1n) is 7.55. The molecular formula is C15H26ClNO3S. The van der Waals surface area contributed by atoms with Crippen molar-refractivity contribution in [2.75, 3.05) is 13.1 Å². The van der Waals surface area contributed by atoms with Gasteiger partial charge in [0, 0.05) is 18.7 Å². The van der Waals surface area contributed by atoms with Gasteiger partial charge in [-0.05, 0) is 26.7 Å². The zero-order valence-electron chi connectivity index (χ0n) is 13.4. The third kappa shape index (κ3) is 4.24. The number of alkyl halides is 1. The molecule has 21 heavy (non-hydrogen) atoms. The van der Waals surface area contributed by atoms with E-state index in [0.717, 1.165) is 25.7 Å². The summed E-state index contributed by atoms with van der Waals surface area (Å²) < 4.78 is 33.0. The second kappa shape index (κ2) is 8.20. The first-order chi connectivity index (χ1) is 9.89. The molecule has 1 heterocycles. The van der Waals surface area contributed by atoms with Crippen LogP contribution in [0.5, 0.6) is 0 Å². The molecule has 0 N–H and O–H groups in total. The minimum atomic E-state index is -3.54. The first kappa shape index (κ1) is 18.5. The van der Waals surface area contributed by atoms with Gasteiger partial charge in [-0.1, -0.05) is 26.7 Å². The molecule has 0 radical (unpaired) electrons. The van der Waals surface area contributed by atoms with E-state index in [1.54, 1.807) is 18.2 Å². The first-order valence-corrected chi connectivity index (χ1v) is 9.52. The summed E-state index contributed by atoms with van der Waals surface area (Å²) in [6.45, 7) is 8.65. The third-order valence-corrected chi connectivity index (χ3v) is 5.94. The van der Waals surface area contributed by atoms with E-state index in [-0.39, 0.29) is 10.8 Å². The number of sulfonamides is 1. The van der Waals surface area contributed by atoms with Crippen molar-refractivity contribution in [3.8, 4) is 0 Å². The van der Waals surface area contributed by atoms with Crippen LogP contribution in [0.3, 0.4) is 0 Å². The predicted octanol–water partition coefficient (Wildman–Crippen LogP) is 4.23. The van der Waals surface area contributed by atoms with Crippen LogP contribution in [0, 0.1) is 13.8 Å². The predicted molar refractivity (Wildman–Crippen MR) is 86.3 cm³/mol. The Balaban J connectivity index is 3.21. The molecule has 0 aliphatic heterocycles. The summed E-state index contributed by atoms with van der Waals surface area (Å²) in [5.41, 5.74) is 0.590. The average molecular weight is 336 g/mol. The Morgan fingerprint density at radius 1 is 1.05 bits per heavy atom. The Hall–Kier alpha value is -0.520. The molecule has 6 heteroatoms. The van der Waals surface area contributed by atoms with E-state index >= 15 is 0 Å². The average Bonchev–Trinajstić information content (AvgIpc) is 2.73. The van der Waals surface area contributed by atoms with Crippen LogP contribution in [0.4, 0.5) is 0 Å². The summed E-state index contributed by atoms with van der Waals surface area (Å²) in [6.07, 6.45) is 3.64. The minimum absolute atomic E-state index is 0.146. The van der Waals surface area contributed by atoms with Gasteiger partial charge < -0.3 is 4.42 Å². The van der Waals surface area contributed by atoms with Gasteiger partial charge >= 0.3 is 0 Å². The molecule has 0 aromatic carbocycles. The Morgan fingerprint density at radius 2 is 1.57 bits per heavy atom. The fourth-order valence-corrected chi connectivity index (χ4v) is 4.68. The molecule has 0 fully saturated rings. The summed E-state index contributed by atoms with van der Waals surface area (Å²) in [5, 5.41) is 0. The normalized spacial score (nSPS) is 12.3. The molecule has 1 aromatic heterocycles. The Kier molecular flexibility index (Phi) is 7.24. The van der Waals surface area contributed by atoms with Gasteiger partial charge in [-0.3, -0.25) is 0 Å². The number of hydrogen-bond donors (Lipinski definition) is 0. The molecule has 122 valence electrons. The quantitative estimate of drug-likeness (QED) is 0.635. The van der Waals surface area contributed by atoms with Crippen LogP contribution < -0.4 is 0 Å². The number of aryl methyl sites for hydroxylation is 2. The largest absolute Gasteiger partial charge is 0.465 e. The zero-order chi connectivity index (χ0) is 16.0. The Labute approximate surface area is 133 Å². The molecule has 1 aromatic rings. The highest BCUT2D eigenvalue weighted by Crippen LogP contribution is 2.30. The zero-order valence-corrected chi connectivity index (χ0v) is 15.0. The van der Waals surface area contributed by atoms with Crippen molar-refractivity contribution in [2.24, 2.45) is 0 Å². The molecule has 1 rings (SSSR count). The van der Waals surface area contributed by atoms with Crippen LogP contribution in [0.2, 0.25) is 0 Å². The van der Waals surface area contributed by atoms with E-state index in [4.69, 9.17) is 16.0 Å². The maximum absolute atomic E-state index is 13.0. The maximum atomic E-state index is 13.0. The molecule has 0 atom stereocenters. The maximum Gasteiger partial charge on any atom is 0.246 e. The van der Waals surface area contributed by atoms with Crippen LogP contribution in [0.25, 0.3) is 0 Å². The van der Waals surface area contributed by atoms with E-state index in [0.29, 0.717) is 30.2 Å². The minimum Gasteiger partial charge on any atom is -0.465 e. The highest BCUT2D eigenvalue weighted by Gasteiger charge is 2.31. The number of rotatable bonds is 9. The summed E-state index contributed by atoms with van der Waals surface area (Å²) >= 11 is 5.93. The van der Waals surface area contributed by atoms with Gasteiger partial charge in [-0.2, -0.15) is 4.31 Å². The molecule has 4 nitrogen and oxygen atoms in total.